The van der Waals surface area contributed by atoms with Crippen LogP contribution in [0.1, 0.15) is 29.2 Å². The fraction of sp³-hybridized carbons (Fsp3) is 0.389. The first-order valence-electron chi connectivity index (χ1n) is 8.13. The number of aromatic nitrogens is 4. The summed E-state index contributed by atoms with van der Waals surface area (Å²) in [5.74, 6) is 0.892. The van der Waals surface area contributed by atoms with Gasteiger partial charge in [-0.2, -0.15) is 5.10 Å². The van der Waals surface area contributed by atoms with Crippen LogP contribution in [0, 0.1) is 13.8 Å². The van der Waals surface area contributed by atoms with Crippen LogP contribution in [-0.2, 0) is 31.9 Å². The number of imidazole rings is 1. The molecule has 0 aliphatic rings. The monoisotopic (exact) mass is 325 g/mol. The smallest absolute Gasteiger partial charge is 0.220 e. The van der Waals surface area contributed by atoms with E-state index in [9.17, 15) is 4.79 Å². The first-order chi connectivity index (χ1) is 11.5. The molecule has 24 heavy (non-hydrogen) atoms. The summed E-state index contributed by atoms with van der Waals surface area (Å²) in [6, 6.07) is 7.97. The zero-order valence-corrected chi connectivity index (χ0v) is 14.6. The summed E-state index contributed by atoms with van der Waals surface area (Å²) in [5, 5.41) is 7.36. The van der Waals surface area contributed by atoms with E-state index in [2.05, 4.69) is 15.4 Å². The molecule has 0 atom stereocenters. The number of hydrogen-bond donors (Lipinski definition) is 1. The van der Waals surface area contributed by atoms with Crippen molar-refractivity contribution in [3.8, 4) is 0 Å². The van der Waals surface area contributed by atoms with Crippen molar-refractivity contribution in [2.45, 2.75) is 33.2 Å². The van der Waals surface area contributed by atoms with E-state index in [1.807, 2.05) is 61.5 Å². The molecule has 6 heteroatoms. The average Bonchev–Trinajstić information content (AvgIpc) is 3.01. The number of hydrogen-bond acceptors (Lipinski definition) is 3. The summed E-state index contributed by atoms with van der Waals surface area (Å²) in [7, 11) is 3.90. The highest BCUT2D eigenvalue weighted by Crippen LogP contribution is 2.15. The molecular formula is C18H23N5O. The maximum Gasteiger partial charge on any atom is 0.220 e. The molecule has 0 saturated carbocycles. The molecule has 0 bridgehead atoms. The number of carbonyl (C=O) groups excluding carboxylic acids is 1. The van der Waals surface area contributed by atoms with Gasteiger partial charge in [0.25, 0.3) is 0 Å². The fourth-order valence-electron chi connectivity index (χ4n) is 3.04. The van der Waals surface area contributed by atoms with Gasteiger partial charge in [0.15, 0.2) is 0 Å². The van der Waals surface area contributed by atoms with Crippen LogP contribution in [0.2, 0.25) is 0 Å². The van der Waals surface area contributed by atoms with Gasteiger partial charge in [0.1, 0.15) is 5.82 Å². The molecule has 1 N–H and O–H groups in total. The van der Waals surface area contributed by atoms with Gasteiger partial charge in [0, 0.05) is 26.2 Å². The lowest BCUT2D eigenvalue weighted by Crippen LogP contribution is -2.24. The maximum absolute atomic E-state index is 12.2. The molecule has 1 aromatic carbocycles. The molecule has 6 nitrogen and oxygen atoms in total. The molecule has 0 unspecified atom stereocenters. The number of fused-ring (bicyclic) bond motifs is 1. The predicted octanol–water partition coefficient (Wildman–Crippen LogP) is 2.17. The van der Waals surface area contributed by atoms with Crippen LogP contribution in [0.5, 0.6) is 0 Å². The molecular weight excluding hydrogens is 302 g/mol. The van der Waals surface area contributed by atoms with Gasteiger partial charge in [-0.1, -0.05) is 12.1 Å². The Bertz CT molecular complexity index is 890. The van der Waals surface area contributed by atoms with Crippen LogP contribution in [0.4, 0.5) is 0 Å². The fourth-order valence-corrected chi connectivity index (χ4v) is 3.04. The molecule has 0 radical (unpaired) electrons. The SMILES string of the molecule is Cc1nn(C)c(C)c1CCC(=O)NCc1nc2ccccc2n1C. The predicted molar refractivity (Wildman–Crippen MR) is 93.6 cm³/mol. The number of rotatable bonds is 5. The highest BCUT2D eigenvalue weighted by Gasteiger charge is 2.12. The lowest BCUT2D eigenvalue weighted by atomic mass is 10.1. The van der Waals surface area contributed by atoms with Crippen LogP contribution in [0.25, 0.3) is 11.0 Å². The van der Waals surface area contributed by atoms with Gasteiger partial charge in [-0.3, -0.25) is 9.48 Å². The third-order valence-corrected chi connectivity index (χ3v) is 4.58. The normalized spacial score (nSPS) is 11.2. The quantitative estimate of drug-likeness (QED) is 0.782. The number of carbonyl (C=O) groups is 1. The summed E-state index contributed by atoms with van der Waals surface area (Å²) in [4.78, 5) is 16.7. The Balaban J connectivity index is 1.60. The Hall–Kier alpha value is -2.63. The summed E-state index contributed by atoms with van der Waals surface area (Å²) in [5.41, 5.74) is 5.30. The van der Waals surface area contributed by atoms with Crippen LogP contribution >= 0.6 is 0 Å². The molecule has 126 valence electrons. The highest BCUT2D eigenvalue weighted by atomic mass is 16.1. The Labute approximate surface area is 141 Å². The molecule has 0 aliphatic heterocycles. The number of nitrogens with one attached hydrogen (secondary N) is 1. The van der Waals surface area contributed by atoms with E-state index in [1.165, 1.54) is 0 Å². The number of para-hydroxylation sites is 2. The Morgan fingerprint density at radius 1 is 1.21 bits per heavy atom. The minimum absolute atomic E-state index is 0.0321. The van der Waals surface area contributed by atoms with Crippen molar-refractivity contribution in [3.05, 3.63) is 47.0 Å². The second kappa shape index (κ2) is 6.47. The first kappa shape index (κ1) is 16.2. The van der Waals surface area contributed by atoms with Gasteiger partial charge >= 0.3 is 0 Å². The van der Waals surface area contributed by atoms with Crippen LogP contribution < -0.4 is 5.32 Å². The molecule has 2 aromatic heterocycles. The van der Waals surface area contributed by atoms with Gasteiger partial charge < -0.3 is 9.88 Å². The average molecular weight is 325 g/mol. The second-order valence-electron chi connectivity index (χ2n) is 6.13. The van der Waals surface area contributed by atoms with Crippen molar-refractivity contribution >= 4 is 16.9 Å². The van der Waals surface area contributed by atoms with Crippen LogP contribution in [0.3, 0.4) is 0 Å². The summed E-state index contributed by atoms with van der Waals surface area (Å²) >= 11 is 0. The Kier molecular flexibility index (Phi) is 4.38. The van der Waals surface area contributed by atoms with Crippen molar-refractivity contribution in [2.75, 3.05) is 0 Å². The van der Waals surface area contributed by atoms with Gasteiger partial charge in [-0.25, -0.2) is 4.98 Å². The number of benzene rings is 1. The van der Waals surface area contributed by atoms with Crippen molar-refractivity contribution in [1.82, 2.24) is 24.6 Å². The van der Waals surface area contributed by atoms with Crippen LogP contribution in [0.15, 0.2) is 24.3 Å². The minimum Gasteiger partial charge on any atom is -0.349 e. The Morgan fingerprint density at radius 2 is 1.96 bits per heavy atom. The second-order valence-corrected chi connectivity index (χ2v) is 6.13. The number of amides is 1. The molecule has 2 heterocycles. The zero-order valence-electron chi connectivity index (χ0n) is 14.6. The molecule has 1 amide bonds. The maximum atomic E-state index is 12.2. The van der Waals surface area contributed by atoms with E-state index in [0.717, 1.165) is 33.8 Å². The highest BCUT2D eigenvalue weighted by molar-refractivity contribution is 5.77. The standard InChI is InChI=1S/C18H23N5O/c1-12-14(13(2)23(4)21-12)9-10-18(24)19-11-17-20-15-7-5-6-8-16(15)22(17)3/h5-8H,9-11H2,1-4H3,(H,19,24). The van der Waals surface area contributed by atoms with Crippen molar-refractivity contribution in [2.24, 2.45) is 14.1 Å². The Morgan fingerprint density at radius 3 is 2.62 bits per heavy atom. The summed E-state index contributed by atoms with van der Waals surface area (Å²) in [6.45, 7) is 4.46. The topological polar surface area (TPSA) is 64.7 Å². The number of aryl methyl sites for hydroxylation is 3. The molecule has 0 aliphatic carbocycles. The van der Waals surface area contributed by atoms with Crippen LogP contribution in [-0.4, -0.2) is 25.2 Å². The molecule has 0 saturated heterocycles. The van der Waals surface area contributed by atoms with E-state index in [0.29, 0.717) is 19.4 Å². The summed E-state index contributed by atoms with van der Waals surface area (Å²) in [6.07, 6.45) is 1.16. The van der Waals surface area contributed by atoms with Crippen molar-refractivity contribution in [3.63, 3.8) is 0 Å². The molecule has 3 aromatic rings. The molecule has 0 fully saturated rings. The van der Waals surface area contributed by atoms with E-state index < -0.39 is 0 Å². The van der Waals surface area contributed by atoms with Gasteiger partial charge in [0.2, 0.25) is 5.91 Å². The lowest BCUT2D eigenvalue weighted by molar-refractivity contribution is -0.121. The van der Waals surface area contributed by atoms with Gasteiger partial charge in [0.05, 0.1) is 23.3 Å². The summed E-state index contributed by atoms with van der Waals surface area (Å²) < 4.78 is 3.88. The van der Waals surface area contributed by atoms with E-state index in [-0.39, 0.29) is 5.91 Å². The van der Waals surface area contributed by atoms with E-state index in [1.54, 1.807) is 0 Å². The zero-order chi connectivity index (χ0) is 17.3. The first-order valence-corrected chi connectivity index (χ1v) is 8.13. The van der Waals surface area contributed by atoms with Crippen molar-refractivity contribution < 1.29 is 4.79 Å². The molecule has 0 spiro atoms. The number of nitrogens with zero attached hydrogens (tertiary/aromatic N) is 4. The minimum atomic E-state index is 0.0321. The third kappa shape index (κ3) is 3.04. The lowest BCUT2D eigenvalue weighted by Gasteiger charge is -2.06. The molecule has 3 rings (SSSR count). The van der Waals surface area contributed by atoms with Gasteiger partial charge in [-0.05, 0) is 38.0 Å². The van der Waals surface area contributed by atoms with E-state index >= 15 is 0 Å². The van der Waals surface area contributed by atoms with Gasteiger partial charge in [-0.15, -0.1) is 0 Å². The van der Waals surface area contributed by atoms with Crippen molar-refractivity contribution in [1.29, 1.82) is 0 Å². The van der Waals surface area contributed by atoms with E-state index in [4.69, 9.17) is 0 Å². The third-order valence-electron chi connectivity index (χ3n) is 4.58. The largest absolute Gasteiger partial charge is 0.349 e.